The summed E-state index contributed by atoms with van der Waals surface area (Å²) in [6.45, 7) is 3.22. The number of benzene rings is 1. The third-order valence-electron chi connectivity index (χ3n) is 4.92. The van der Waals surface area contributed by atoms with Gasteiger partial charge < -0.3 is 10.2 Å². The molecule has 1 saturated heterocycles. The Bertz CT molecular complexity index is 1030. The van der Waals surface area contributed by atoms with Crippen molar-refractivity contribution in [3.8, 4) is 0 Å². The number of nitrogens with zero attached hydrogens (tertiary/aromatic N) is 5. The second kappa shape index (κ2) is 7.47. The molecule has 3 aromatic rings. The van der Waals surface area contributed by atoms with E-state index in [2.05, 4.69) is 25.4 Å². The number of pyridine rings is 1. The van der Waals surface area contributed by atoms with Gasteiger partial charge in [0.1, 0.15) is 5.51 Å². The summed E-state index contributed by atoms with van der Waals surface area (Å²) >= 11 is 1.29. The van der Waals surface area contributed by atoms with E-state index in [-0.39, 0.29) is 17.5 Å². The Morgan fingerprint density at radius 1 is 1.36 bits per heavy atom. The minimum absolute atomic E-state index is 0.00812. The van der Waals surface area contributed by atoms with Crippen molar-refractivity contribution >= 4 is 44.7 Å². The monoisotopic (exact) mass is 398 g/mol. The predicted molar refractivity (Wildman–Crippen MR) is 107 cm³/mol. The molecule has 0 aliphatic carbocycles. The second-order valence-electron chi connectivity index (χ2n) is 6.71. The lowest BCUT2D eigenvalue weighted by molar-refractivity contribution is -0.383. The number of aryl methyl sites for hydroxylation is 1. The van der Waals surface area contributed by atoms with Gasteiger partial charge in [-0.25, -0.2) is 4.98 Å². The van der Waals surface area contributed by atoms with Crippen LogP contribution in [0.25, 0.3) is 10.9 Å². The van der Waals surface area contributed by atoms with Gasteiger partial charge in [0.25, 0.3) is 5.69 Å². The van der Waals surface area contributed by atoms with E-state index in [4.69, 9.17) is 0 Å². The third kappa shape index (κ3) is 3.50. The standard InChI is InChI=1S/C18H18N6O3S/c1-11-9-15(13-3-2-4-14(24(26)27)16(13)20-11)23-7-5-12(6-8-23)17(25)21-18-22-19-10-28-18/h2-4,9-10,12H,5-8H2,1H3,(H,21,22,25). The number of amides is 1. The maximum atomic E-state index is 12.4. The molecule has 1 aliphatic heterocycles. The zero-order valence-corrected chi connectivity index (χ0v) is 16.0. The average molecular weight is 398 g/mol. The molecule has 1 N–H and O–H groups in total. The van der Waals surface area contributed by atoms with Crippen molar-refractivity contribution in [3.05, 3.63) is 45.6 Å². The SMILES string of the molecule is Cc1cc(N2CCC(C(=O)Nc3nncs3)CC2)c2cccc([N+](=O)[O-])c2n1. The number of nitro benzene ring substituents is 1. The molecule has 1 aromatic carbocycles. The van der Waals surface area contributed by atoms with E-state index in [1.807, 2.05) is 19.1 Å². The van der Waals surface area contributed by atoms with Crippen molar-refractivity contribution in [3.63, 3.8) is 0 Å². The maximum Gasteiger partial charge on any atom is 0.295 e. The predicted octanol–water partition coefficient (Wildman–Crippen LogP) is 3.16. The summed E-state index contributed by atoms with van der Waals surface area (Å²) in [6, 6.07) is 6.97. The first-order valence-corrected chi connectivity index (χ1v) is 9.77. The van der Waals surface area contributed by atoms with Crippen LogP contribution in [0.1, 0.15) is 18.5 Å². The molecule has 0 bridgehead atoms. The summed E-state index contributed by atoms with van der Waals surface area (Å²) in [6.07, 6.45) is 1.39. The summed E-state index contributed by atoms with van der Waals surface area (Å²) in [4.78, 5) is 29.9. The highest BCUT2D eigenvalue weighted by atomic mass is 32.1. The van der Waals surface area contributed by atoms with Crippen molar-refractivity contribution in [1.82, 2.24) is 15.2 Å². The molecule has 144 valence electrons. The Morgan fingerprint density at radius 3 is 2.82 bits per heavy atom. The van der Waals surface area contributed by atoms with Gasteiger partial charge in [-0.05, 0) is 25.8 Å². The molecule has 4 rings (SSSR count). The molecule has 0 spiro atoms. The first-order valence-electron chi connectivity index (χ1n) is 8.89. The van der Waals surface area contributed by atoms with Gasteiger partial charge in [-0.15, -0.1) is 10.2 Å². The fourth-order valence-electron chi connectivity index (χ4n) is 3.57. The fourth-order valence-corrected chi connectivity index (χ4v) is 4.01. The lowest BCUT2D eigenvalue weighted by Gasteiger charge is -2.33. The molecule has 0 atom stereocenters. The van der Waals surface area contributed by atoms with Gasteiger partial charge in [0.05, 0.1) is 4.92 Å². The van der Waals surface area contributed by atoms with E-state index in [1.54, 1.807) is 11.6 Å². The van der Waals surface area contributed by atoms with Crippen LogP contribution in [0.3, 0.4) is 0 Å². The van der Waals surface area contributed by atoms with Crippen LogP contribution >= 0.6 is 11.3 Å². The molecule has 1 aliphatic rings. The number of hydrogen-bond donors (Lipinski definition) is 1. The maximum absolute atomic E-state index is 12.4. The molecule has 1 fully saturated rings. The minimum Gasteiger partial charge on any atom is -0.371 e. The molecule has 1 amide bonds. The molecule has 0 saturated carbocycles. The number of non-ortho nitro benzene ring substituents is 1. The van der Waals surface area contributed by atoms with Gasteiger partial charge in [0, 0.05) is 41.8 Å². The summed E-state index contributed by atoms with van der Waals surface area (Å²) in [5.41, 5.74) is 3.64. The van der Waals surface area contributed by atoms with E-state index >= 15 is 0 Å². The number of nitrogens with one attached hydrogen (secondary N) is 1. The van der Waals surface area contributed by atoms with Crippen LogP contribution in [0.5, 0.6) is 0 Å². The molecule has 10 heteroatoms. The first kappa shape index (κ1) is 18.2. The number of carbonyl (C=O) groups is 1. The highest BCUT2D eigenvalue weighted by molar-refractivity contribution is 7.13. The van der Waals surface area contributed by atoms with Gasteiger partial charge in [0.2, 0.25) is 11.0 Å². The largest absolute Gasteiger partial charge is 0.371 e. The fraction of sp³-hybridized carbons (Fsp3) is 0.333. The third-order valence-corrected chi connectivity index (χ3v) is 5.52. The normalized spacial score (nSPS) is 15.0. The van der Waals surface area contributed by atoms with E-state index in [9.17, 15) is 14.9 Å². The van der Waals surface area contributed by atoms with E-state index < -0.39 is 4.92 Å². The van der Waals surface area contributed by atoms with Crippen LogP contribution in [-0.2, 0) is 4.79 Å². The van der Waals surface area contributed by atoms with Crippen LogP contribution in [0.15, 0.2) is 29.8 Å². The number of aromatic nitrogens is 3. The van der Waals surface area contributed by atoms with Gasteiger partial charge in [0.15, 0.2) is 5.52 Å². The number of anilines is 2. The Morgan fingerprint density at radius 2 is 2.14 bits per heavy atom. The Kier molecular flexibility index (Phi) is 4.86. The zero-order valence-electron chi connectivity index (χ0n) is 15.2. The molecular weight excluding hydrogens is 380 g/mol. The quantitative estimate of drug-likeness (QED) is 0.530. The minimum atomic E-state index is -0.400. The van der Waals surface area contributed by atoms with Crippen molar-refractivity contribution in [1.29, 1.82) is 0 Å². The molecule has 28 heavy (non-hydrogen) atoms. The number of carbonyl (C=O) groups excluding carboxylic acids is 1. The molecule has 0 unspecified atom stereocenters. The van der Waals surface area contributed by atoms with E-state index in [0.29, 0.717) is 36.6 Å². The number of piperidine rings is 1. The van der Waals surface area contributed by atoms with Crippen LogP contribution in [-0.4, -0.2) is 39.1 Å². The number of fused-ring (bicyclic) bond motifs is 1. The van der Waals surface area contributed by atoms with Gasteiger partial charge >= 0.3 is 0 Å². The average Bonchev–Trinajstić information content (AvgIpc) is 3.20. The number of hydrogen-bond acceptors (Lipinski definition) is 8. The van der Waals surface area contributed by atoms with E-state index in [0.717, 1.165) is 16.8 Å². The van der Waals surface area contributed by atoms with Crippen molar-refractivity contribution in [2.45, 2.75) is 19.8 Å². The summed E-state index contributed by atoms with van der Waals surface area (Å²) in [5.74, 6) is -0.133. The van der Waals surface area contributed by atoms with Crippen LogP contribution in [0, 0.1) is 23.0 Å². The Hall–Kier alpha value is -3.14. The van der Waals surface area contributed by atoms with E-state index in [1.165, 1.54) is 17.4 Å². The number of rotatable bonds is 4. The Labute approximate surface area is 164 Å². The highest BCUT2D eigenvalue weighted by Crippen LogP contribution is 2.34. The summed E-state index contributed by atoms with van der Waals surface area (Å²) < 4.78 is 0. The lowest BCUT2D eigenvalue weighted by atomic mass is 9.95. The van der Waals surface area contributed by atoms with Gasteiger partial charge in [-0.2, -0.15) is 0 Å². The summed E-state index contributed by atoms with van der Waals surface area (Å²) in [5, 5.41) is 23.0. The smallest absolute Gasteiger partial charge is 0.295 e. The number of nitro groups is 1. The van der Waals surface area contributed by atoms with Crippen molar-refractivity contribution in [2.24, 2.45) is 5.92 Å². The molecule has 3 heterocycles. The van der Waals surface area contributed by atoms with Crippen LogP contribution < -0.4 is 10.2 Å². The van der Waals surface area contributed by atoms with Gasteiger partial charge in [-0.3, -0.25) is 14.9 Å². The Balaban J connectivity index is 1.55. The summed E-state index contributed by atoms with van der Waals surface area (Å²) in [7, 11) is 0. The first-order chi connectivity index (χ1) is 13.5. The highest BCUT2D eigenvalue weighted by Gasteiger charge is 2.27. The number of para-hydroxylation sites is 1. The topological polar surface area (TPSA) is 114 Å². The zero-order chi connectivity index (χ0) is 19.7. The molecule has 2 aromatic heterocycles. The van der Waals surface area contributed by atoms with Crippen molar-refractivity contribution < 1.29 is 9.72 Å². The molecular formula is C18H18N6O3S. The lowest BCUT2D eigenvalue weighted by Crippen LogP contribution is -2.38. The van der Waals surface area contributed by atoms with Crippen LogP contribution in [0.2, 0.25) is 0 Å². The molecule has 0 radical (unpaired) electrons. The van der Waals surface area contributed by atoms with Crippen molar-refractivity contribution in [2.75, 3.05) is 23.3 Å². The molecule has 9 nitrogen and oxygen atoms in total. The van der Waals surface area contributed by atoms with Crippen LogP contribution in [0.4, 0.5) is 16.5 Å². The second-order valence-corrected chi connectivity index (χ2v) is 7.54. The van der Waals surface area contributed by atoms with Gasteiger partial charge in [-0.1, -0.05) is 23.5 Å².